The van der Waals surface area contributed by atoms with Crippen molar-refractivity contribution in [3.8, 4) is 39.9 Å². The smallest absolute Gasteiger partial charge is 0.429 e. The molecule has 5 aromatic rings. The van der Waals surface area contributed by atoms with Gasteiger partial charge in [-0.25, -0.2) is 13.6 Å². The van der Waals surface area contributed by atoms with E-state index < -0.39 is 35.0 Å². The van der Waals surface area contributed by atoms with Gasteiger partial charge in [0.05, 0.1) is 57.9 Å². The van der Waals surface area contributed by atoms with Crippen molar-refractivity contribution in [1.29, 1.82) is 5.41 Å². The number of rotatable bonds is 28. The summed E-state index contributed by atoms with van der Waals surface area (Å²) >= 11 is 0. The first kappa shape index (κ1) is 51.6. The minimum atomic E-state index is -4.38. The fraction of sp³-hybridized carbons (Fsp3) is 0.464. The van der Waals surface area contributed by atoms with Gasteiger partial charge in [0.2, 0.25) is 0 Å². The Balaban J connectivity index is 0.834. The third-order valence-electron chi connectivity index (χ3n) is 13.6. The Kier molecular flexibility index (Phi) is 17.5. The molecule has 0 spiro atoms. The average Bonchev–Trinajstić information content (AvgIpc) is 4.15. The zero-order valence-corrected chi connectivity index (χ0v) is 40.4. The lowest BCUT2D eigenvalue weighted by Crippen LogP contribution is -2.45. The van der Waals surface area contributed by atoms with Crippen LogP contribution >= 0.6 is 0 Å². The number of benzene rings is 5. The van der Waals surface area contributed by atoms with Crippen LogP contribution in [0, 0.1) is 28.4 Å². The highest BCUT2D eigenvalue weighted by Gasteiger charge is 2.44. The largest absolute Gasteiger partial charge is 0.494 e. The second-order valence-electron chi connectivity index (χ2n) is 18.7. The molecule has 11 nitrogen and oxygen atoms in total. The molecule has 1 aliphatic carbocycles. The molecule has 1 N–H and O–H groups in total. The number of epoxide rings is 1. The molecule has 2 saturated heterocycles. The van der Waals surface area contributed by atoms with Gasteiger partial charge in [-0.3, -0.25) is 0 Å². The van der Waals surface area contributed by atoms with E-state index in [1.54, 1.807) is 30.3 Å². The monoisotopic (exact) mass is 985 g/mol. The zero-order chi connectivity index (χ0) is 49.8. The SMILES string of the molecule is CCC1(COCCCCCCOc2ccc(C(=O)Oc3c(C=N)cc(OC(F)(F)c4ccc(-c5ccc(OCCCCCOCC6CCC7OC7C6)cc5)c(F)c4F)c4ccccc34)cc2OC)COC1. The van der Waals surface area contributed by atoms with Gasteiger partial charge in [0.25, 0.3) is 0 Å². The second-order valence-corrected chi connectivity index (χ2v) is 18.7. The fourth-order valence-corrected chi connectivity index (χ4v) is 9.10. The number of carbonyl (C=O) groups excluding carboxylic acids is 1. The van der Waals surface area contributed by atoms with Crippen LogP contribution in [-0.4, -0.2) is 84.4 Å². The number of carbonyl (C=O) groups is 1. The molecule has 3 atom stereocenters. The van der Waals surface area contributed by atoms with Crippen molar-refractivity contribution >= 4 is 23.0 Å². The Bertz CT molecular complexity index is 2580. The summed E-state index contributed by atoms with van der Waals surface area (Å²) in [6.45, 7) is 7.53. The van der Waals surface area contributed by atoms with Crippen LogP contribution in [0.1, 0.15) is 99.0 Å². The summed E-state index contributed by atoms with van der Waals surface area (Å²) in [4.78, 5) is 13.6. The average molecular weight is 986 g/mol. The summed E-state index contributed by atoms with van der Waals surface area (Å²) in [5, 5.41) is 8.34. The van der Waals surface area contributed by atoms with Crippen LogP contribution < -0.4 is 23.7 Å². The first-order chi connectivity index (χ1) is 34.5. The van der Waals surface area contributed by atoms with E-state index in [9.17, 15) is 4.79 Å². The fourth-order valence-electron chi connectivity index (χ4n) is 9.10. The number of unbranched alkanes of at least 4 members (excludes halogenated alkanes) is 5. The molecule has 8 rings (SSSR count). The van der Waals surface area contributed by atoms with Crippen molar-refractivity contribution in [2.45, 2.75) is 95.9 Å². The lowest BCUT2D eigenvalue weighted by molar-refractivity contribution is -0.187. The molecule has 15 heteroatoms. The quantitative estimate of drug-likeness (QED) is 0.0129. The molecule has 5 aromatic carbocycles. The molecule has 71 heavy (non-hydrogen) atoms. The van der Waals surface area contributed by atoms with E-state index in [4.69, 9.17) is 48.0 Å². The zero-order valence-electron chi connectivity index (χ0n) is 40.4. The van der Waals surface area contributed by atoms with Crippen LogP contribution in [-0.2, 0) is 25.1 Å². The highest BCUT2D eigenvalue weighted by Crippen LogP contribution is 2.43. The molecule has 2 heterocycles. The van der Waals surface area contributed by atoms with E-state index >= 15 is 17.6 Å². The number of ether oxygens (including phenoxy) is 9. The maximum absolute atomic E-state index is 16.0. The maximum atomic E-state index is 16.0. The van der Waals surface area contributed by atoms with Crippen molar-refractivity contribution in [2.75, 3.05) is 60.0 Å². The number of methoxy groups -OCH3 is 1. The molecule has 1 saturated carbocycles. The Morgan fingerprint density at radius 1 is 0.775 bits per heavy atom. The van der Waals surface area contributed by atoms with Crippen LogP contribution in [0.3, 0.4) is 0 Å². The van der Waals surface area contributed by atoms with Crippen LogP contribution in [0.5, 0.6) is 28.7 Å². The van der Waals surface area contributed by atoms with Crippen LogP contribution in [0.15, 0.2) is 84.9 Å². The number of hydrogen-bond acceptors (Lipinski definition) is 11. The summed E-state index contributed by atoms with van der Waals surface area (Å²) in [5.41, 5.74) is -1.10. The number of hydrogen-bond donors (Lipinski definition) is 1. The molecule has 380 valence electrons. The molecule has 3 aliphatic rings. The first-order valence-electron chi connectivity index (χ1n) is 24.8. The standard InChI is InChI=1S/C56H63F4NO10/c1-3-55(35-66-36-55)34-65-26-9-4-5-11-28-68-46-24-18-39(30-49(46)63-2)54(62)70-53-40(32-61)31-48(43-13-7-8-14-44(43)53)71-56(59,60)45-22-21-42(51(57)52(45)58)38-16-19-41(20-17-38)67-27-12-6-10-25-64-33-37-15-23-47-50(29-37)69-47/h7-8,13-14,16-22,24,30-32,37,47,50,61H,3-6,9-12,15,23,25-29,33-36H2,1-2H3. The van der Waals surface area contributed by atoms with Gasteiger partial charge >= 0.3 is 12.1 Å². The van der Waals surface area contributed by atoms with E-state index in [0.29, 0.717) is 61.8 Å². The van der Waals surface area contributed by atoms with Crippen LogP contribution in [0.25, 0.3) is 21.9 Å². The molecule has 3 fully saturated rings. The topological polar surface area (TPSA) is 127 Å². The highest BCUT2D eigenvalue weighted by molar-refractivity contribution is 6.03. The van der Waals surface area contributed by atoms with Gasteiger partial charge in [0.15, 0.2) is 23.1 Å². The molecular weight excluding hydrogens is 923 g/mol. The lowest BCUT2D eigenvalue weighted by atomic mass is 9.84. The predicted octanol–water partition coefficient (Wildman–Crippen LogP) is 12.7. The predicted molar refractivity (Wildman–Crippen MR) is 261 cm³/mol. The minimum absolute atomic E-state index is 0.0639. The molecule has 0 bridgehead atoms. The van der Waals surface area contributed by atoms with E-state index in [-0.39, 0.29) is 44.2 Å². The number of halogens is 4. The van der Waals surface area contributed by atoms with Gasteiger partial charge in [0, 0.05) is 53.3 Å². The van der Waals surface area contributed by atoms with Crippen molar-refractivity contribution in [2.24, 2.45) is 11.3 Å². The molecule has 0 aromatic heterocycles. The van der Waals surface area contributed by atoms with Crippen molar-refractivity contribution in [1.82, 2.24) is 0 Å². The Morgan fingerprint density at radius 2 is 1.49 bits per heavy atom. The Labute approximate surface area is 412 Å². The summed E-state index contributed by atoms with van der Waals surface area (Å²) in [6, 6.07) is 19.9. The van der Waals surface area contributed by atoms with Crippen LogP contribution in [0.4, 0.5) is 17.6 Å². The summed E-state index contributed by atoms with van der Waals surface area (Å²) in [7, 11) is 1.45. The van der Waals surface area contributed by atoms with Gasteiger partial charge < -0.3 is 48.0 Å². The normalized spacial score (nSPS) is 18.0. The number of alkyl halides is 2. The van der Waals surface area contributed by atoms with Gasteiger partial charge in [-0.15, -0.1) is 0 Å². The first-order valence-corrected chi connectivity index (χ1v) is 24.8. The van der Waals surface area contributed by atoms with Crippen LogP contribution in [0.2, 0.25) is 0 Å². The highest BCUT2D eigenvalue weighted by atomic mass is 19.3. The molecule has 0 amide bonds. The number of fused-ring (bicyclic) bond motifs is 2. The van der Waals surface area contributed by atoms with E-state index in [1.807, 2.05) is 0 Å². The van der Waals surface area contributed by atoms with Gasteiger partial charge in [-0.2, -0.15) is 8.78 Å². The van der Waals surface area contributed by atoms with E-state index in [0.717, 1.165) is 115 Å². The van der Waals surface area contributed by atoms with Gasteiger partial charge in [-0.1, -0.05) is 55.8 Å². The van der Waals surface area contributed by atoms with Crippen molar-refractivity contribution in [3.63, 3.8) is 0 Å². The maximum Gasteiger partial charge on any atom is 0.429 e. The molecular formula is C56H63F4NO10. The van der Waals surface area contributed by atoms with Gasteiger partial charge in [-0.05, 0) is 118 Å². The molecule has 3 unspecified atom stereocenters. The number of esters is 1. The second kappa shape index (κ2) is 24.1. The molecule has 0 radical (unpaired) electrons. The summed E-state index contributed by atoms with van der Waals surface area (Å²) in [5.74, 6) is -2.78. The third kappa shape index (κ3) is 13.0. The minimum Gasteiger partial charge on any atom is -0.494 e. The lowest BCUT2D eigenvalue weighted by Gasteiger charge is -2.40. The van der Waals surface area contributed by atoms with E-state index in [1.165, 1.54) is 49.9 Å². The van der Waals surface area contributed by atoms with Crippen molar-refractivity contribution in [3.05, 3.63) is 113 Å². The summed E-state index contributed by atoms with van der Waals surface area (Å²) in [6.07, 6.45) is 8.23. The van der Waals surface area contributed by atoms with Gasteiger partial charge in [0.1, 0.15) is 22.8 Å². The summed E-state index contributed by atoms with van der Waals surface area (Å²) < 4.78 is 114. The number of nitrogens with one attached hydrogen (secondary N) is 1. The Hall–Kier alpha value is -5.74. The van der Waals surface area contributed by atoms with Crippen molar-refractivity contribution < 1.29 is 65.0 Å². The third-order valence-corrected chi connectivity index (χ3v) is 13.6. The Morgan fingerprint density at radius 3 is 2.20 bits per heavy atom. The van der Waals surface area contributed by atoms with E-state index in [2.05, 4.69) is 6.92 Å². The molecule has 2 aliphatic heterocycles.